The lowest BCUT2D eigenvalue weighted by Gasteiger charge is -2.09. The number of thiazole rings is 1. The molecule has 0 spiro atoms. The summed E-state index contributed by atoms with van der Waals surface area (Å²) in [6.45, 7) is 0. The first-order valence-electron chi connectivity index (χ1n) is 5.07. The first-order valence-corrected chi connectivity index (χ1v) is 6.33. The van der Waals surface area contributed by atoms with Crippen molar-refractivity contribution in [3.8, 4) is 0 Å². The monoisotopic (exact) mass is 253 g/mol. The molecule has 1 heterocycles. The summed E-state index contributed by atoms with van der Waals surface area (Å²) in [4.78, 5) is 4.18. The van der Waals surface area contributed by atoms with Gasteiger partial charge in [0.05, 0.1) is 11.1 Å². The number of halogens is 1. The largest absolute Gasteiger partial charge is 0.388 e. The number of aliphatic hydroxyl groups is 1. The molecule has 0 aliphatic heterocycles. The van der Waals surface area contributed by atoms with Crippen LogP contribution in [0.3, 0.4) is 0 Å². The van der Waals surface area contributed by atoms with Gasteiger partial charge in [0.25, 0.3) is 0 Å². The number of nitrogens with zero attached hydrogens (tertiary/aromatic N) is 1. The van der Waals surface area contributed by atoms with Crippen LogP contribution in [0, 0.1) is 0 Å². The van der Waals surface area contributed by atoms with Crippen LogP contribution in [-0.4, -0.2) is 10.1 Å². The van der Waals surface area contributed by atoms with Crippen molar-refractivity contribution in [1.29, 1.82) is 0 Å². The molecule has 0 radical (unpaired) electrons. The molecule has 1 N–H and O–H groups in total. The van der Waals surface area contributed by atoms with E-state index in [4.69, 9.17) is 11.6 Å². The Labute approximate surface area is 104 Å². The van der Waals surface area contributed by atoms with Crippen LogP contribution >= 0.6 is 22.9 Å². The van der Waals surface area contributed by atoms with Crippen LogP contribution in [0.5, 0.6) is 0 Å². The second-order valence-electron chi connectivity index (χ2n) is 3.54. The summed E-state index contributed by atoms with van der Waals surface area (Å²) in [6.07, 6.45) is 2.79. The number of benzene rings is 1. The molecule has 1 aromatic heterocycles. The maximum Gasteiger partial charge on any atom is 0.0925 e. The normalized spacial score (nSPS) is 12.6. The van der Waals surface area contributed by atoms with Gasteiger partial charge >= 0.3 is 0 Å². The van der Waals surface area contributed by atoms with Crippen LogP contribution in [0.15, 0.2) is 35.8 Å². The Hall–Kier alpha value is -0.900. The van der Waals surface area contributed by atoms with E-state index in [1.165, 1.54) is 0 Å². The molecule has 2 nitrogen and oxygen atoms in total. The zero-order valence-electron chi connectivity index (χ0n) is 8.64. The molecule has 0 fully saturated rings. The highest BCUT2D eigenvalue weighted by Gasteiger charge is 2.08. The second-order valence-corrected chi connectivity index (χ2v) is 4.95. The molecule has 16 heavy (non-hydrogen) atoms. The lowest BCUT2D eigenvalue weighted by molar-refractivity contribution is 0.168. The molecule has 84 valence electrons. The molecule has 0 aliphatic carbocycles. The fourth-order valence-corrected chi connectivity index (χ4v) is 2.35. The van der Waals surface area contributed by atoms with E-state index < -0.39 is 6.10 Å². The Morgan fingerprint density at radius 2 is 2.31 bits per heavy atom. The Morgan fingerprint density at radius 3 is 3.00 bits per heavy atom. The van der Waals surface area contributed by atoms with E-state index in [0.717, 1.165) is 17.0 Å². The summed E-state index contributed by atoms with van der Waals surface area (Å²) in [7, 11) is 0. The molecule has 0 amide bonds. The Bertz CT molecular complexity index is 444. The minimum atomic E-state index is -0.470. The van der Waals surface area contributed by atoms with Gasteiger partial charge in [0.1, 0.15) is 0 Å². The van der Waals surface area contributed by atoms with E-state index in [1.54, 1.807) is 29.7 Å². The van der Waals surface area contributed by atoms with Gasteiger partial charge in [-0.15, -0.1) is 11.3 Å². The van der Waals surface area contributed by atoms with Gasteiger partial charge in [0.2, 0.25) is 0 Å². The number of aliphatic hydroxyl groups excluding tert-OH is 1. The van der Waals surface area contributed by atoms with Crippen molar-refractivity contribution >= 4 is 22.9 Å². The van der Waals surface area contributed by atoms with Crippen molar-refractivity contribution in [2.75, 3.05) is 0 Å². The number of aryl methyl sites for hydroxylation is 1. The van der Waals surface area contributed by atoms with E-state index in [2.05, 4.69) is 4.98 Å². The van der Waals surface area contributed by atoms with Crippen LogP contribution in [0.4, 0.5) is 0 Å². The zero-order chi connectivity index (χ0) is 11.4. The van der Waals surface area contributed by atoms with Crippen molar-refractivity contribution < 1.29 is 5.11 Å². The predicted molar refractivity (Wildman–Crippen MR) is 66.8 cm³/mol. The van der Waals surface area contributed by atoms with E-state index in [0.29, 0.717) is 11.4 Å². The van der Waals surface area contributed by atoms with E-state index in [-0.39, 0.29) is 0 Å². The molecule has 0 saturated carbocycles. The van der Waals surface area contributed by atoms with Crippen molar-refractivity contribution in [1.82, 2.24) is 4.98 Å². The molecule has 0 aliphatic rings. The highest BCUT2D eigenvalue weighted by atomic mass is 35.5. The fourth-order valence-electron chi connectivity index (χ4n) is 1.52. The minimum absolute atomic E-state index is 0.470. The van der Waals surface area contributed by atoms with Gasteiger partial charge < -0.3 is 5.11 Å². The van der Waals surface area contributed by atoms with Crippen LogP contribution in [0.1, 0.15) is 23.1 Å². The maximum atomic E-state index is 9.96. The molecular formula is C12H12ClNOS. The summed E-state index contributed by atoms with van der Waals surface area (Å²) >= 11 is 7.48. The fraction of sp³-hybridized carbons (Fsp3) is 0.250. The third-order valence-electron chi connectivity index (χ3n) is 2.35. The smallest absolute Gasteiger partial charge is 0.0925 e. The summed E-state index contributed by atoms with van der Waals surface area (Å²) in [5.74, 6) is 0. The topological polar surface area (TPSA) is 33.1 Å². The average Bonchev–Trinajstić information content (AvgIpc) is 2.78. The minimum Gasteiger partial charge on any atom is -0.388 e. The Morgan fingerprint density at radius 1 is 1.44 bits per heavy atom. The molecule has 0 bridgehead atoms. The van der Waals surface area contributed by atoms with Gasteiger partial charge in [0.15, 0.2) is 0 Å². The highest BCUT2D eigenvalue weighted by molar-refractivity contribution is 7.09. The molecule has 2 rings (SSSR count). The number of rotatable bonds is 4. The molecule has 4 heteroatoms. The van der Waals surface area contributed by atoms with Crippen LogP contribution in [0.2, 0.25) is 5.02 Å². The summed E-state index contributed by atoms with van der Waals surface area (Å²) in [6, 6.07) is 7.34. The maximum absolute atomic E-state index is 9.96. The molecule has 1 atom stereocenters. The summed E-state index contributed by atoms with van der Waals surface area (Å²) < 4.78 is 0. The van der Waals surface area contributed by atoms with Crippen LogP contribution in [-0.2, 0) is 6.42 Å². The third-order valence-corrected chi connectivity index (χ3v) is 3.42. The molecule has 1 unspecified atom stereocenters. The standard InChI is InChI=1S/C12H12ClNOS/c13-10-3-1-2-9(8-10)11(15)4-5-12-14-6-7-16-12/h1-3,6-8,11,15H,4-5H2. The van der Waals surface area contributed by atoms with E-state index >= 15 is 0 Å². The molecule has 2 aromatic rings. The number of hydrogen-bond donors (Lipinski definition) is 1. The first-order chi connectivity index (χ1) is 7.75. The van der Waals surface area contributed by atoms with Crippen molar-refractivity contribution in [3.63, 3.8) is 0 Å². The van der Waals surface area contributed by atoms with E-state index in [9.17, 15) is 5.11 Å². The number of hydrogen-bond acceptors (Lipinski definition) is 3. The van der Waals surface area contributed by atoms with Crippen molar-refractivity contribution in [2.24, 2.45) is 0 Å². The number of aromatic nitrogens is 1. The third kappa shape index (κ3) is 3.04. The summed E-state index contributed by atoms with van der Waals surface area (Å²) in [5.41, 5.74) is 0.865. The van der Waals surface area contributed by atoms with Gasteiger partial charge in [-0.05, 0) is 24.1 Å². The van der Waals surface area contributed by atoms with Gasteiger partial charge in [0, 0.05) is 23.0 Å². The Balaban J connectivity index is 1.95. The Kier molecular flexibility index (Phi) is 3.93. The van der Waals surface area contributed by atoms with Gasteiger partial charge in [-0.3, -0.25) is 0 Å². The van der Waals surface area contributed by atoms with Gasteiger partial charge in [-0.2, -0.15) is 0 Å². The zero-order valence-corrected chi connectivity index (χ0v) is 10.2. The lowest BCUT2D eigenvalue weighted by Crippen LogP contribution is -1.99. The first kappa shape index (κ1) is 11.6. The predicted octanol–water partition coefficient (Wildman–Crippen LogP) is 3.46. The molecule has 0 saturated heterocycles. The van der Waals surface area contributed by atoms with Gasteiger partial charge in [-0.1, -0.05) is 23.7 Å². The van der Waals surface area contributed by atoms with Crippen molar-refractivity contribution in [2.45, 2.75) is 18.9 Å². The average molecular weight is 254 g/mol. The molecular weight excluding hydrogens is 242 g/mol. The second kappa shape index (κ2) is 5.43. The molecule has 1 aromatic carbocycles. The van der Waals surface area contributed by atoms with Crippen LogP contribution in [0.25, 0.3) is 0 Å². The highest BCUT2D eigenvalue weighted by Crippen LogP contribution is 2.22. The van der Waals surface area contributed by atoms with Crippen molar-refractivity contribution in [3.05, 3.63) is 51.4 Å². The quantitative estimate of drug-likeness (QED) is 0.905. The summed E-state index contributed by atoms with van der Waals surface area (Å²) in [5, 5.41) is 13.6. The SMILES string of the molecule is OC(CCc1nccs1)c1cccc(Cl)c1. The van der Waals surface area contributed by atoms with Gasteiger partial charge in [-0.25, -0.2) is 4.98 Å². The lowest BCUT2D eigenvalue weighted by atomic mass is 10.1. The van der Waals surface area contributed by atoms with Crippen LogP contribution < -0.4 is 0 Å². The van der Waals surface area contributed by atoms with E-state index in [1.807, 2.05) is 17.5 Å².